The monoisotopic (exact) mass is 296 g/mol. The van der Waals surface area contributed by atoms with Crippen molar-refractivity contribution in [2.75, 3.05) is 26.2 Å². The van der Waals surface area contributed by atoms with E-state index in [2.05, 4.69) is 31.0 Å². The normalized spacial score (nSPS) is 29.0. The van der Waals surface area contributed by atoms with Crippen molar-refractivity contribution in [2.45, 2.75) is 71.4 Å². The highest BCUT2D eigenvalue weighted by Gasteiger charge is 2.36. The minimum Gasteiger partial charge on any atom is -0.396 e. The van der Waals surface area contributed by atoms with Crippen molar-refractivity contribution < 1.29 is 5.11 Å². The molecule has 3 heteroatoms. The van der Waals surface area contributed by atoms with Crippen LogP contribution in [0, 0.1) is 17.8 Å². The summed E-state index contributed by atoms with van der Waals surface area (Å²) in [5.74, 6) is 2.51. The van der Waals surface area contributed by atoms with Gasteiger partial charge in [-0.1, -0.05) is 13.8 Å². The van der Waals surface area contributed by atoms with E-state index >= 15 is 0 Å². The summed E-state index contributed by atoms with van der Waals surface area (Å²) in [5.41, 5.74) is 0. The maximum absolute atomic E-state index is 9.11. The molecule has 2 rings (SSSR count). The first kappa shape index (κ1) is 17.2. The molecule has 1 aliphatic heterocycles. The first-order valence-electron chi connectivity index (χ1n) is 9.18. The van der Waals surface area contributed by atoms with Crippen LogP contribution in [0.25, 0.3) is 0 Å². The van der Waals surface area contributed by atoms with E-state index in [-0.39, 0.29) is 0 Å². The van der Waals surface area contributed by atoms with Gasteiger partial charge in [-0.25, -0.2) is 0 Å². The summed E-state index contributed by atoms with van der Waals surface area (Å²) in [5, 5.41) is 12.9. The van der Waals surface area contributed by atoms with Crippen LogP contribution in [0.2, 0.25) is 0 Å². The highest BCUT2D eigenvalue weighted by Crippen LogP contribution is 2.37. The lowest BCUT2D eigenvalue weighted by atomic mass is 9.89. The van der Waals surface area contributed by atoms with Crippen LogP contribution in [0.4, 0.5) is 0 Å². The van der Waals surface area contributed by atoms with Crippen molar-refractivity contribution in [3.05, 3.63) is 0 Å². The van der Waals surface area contributed by atoms with E-state index in [1.165, 1.54) is 45.2 Å². The molecule has 2 N–H and O–H groups in total. The second kappa shape index (κ2) is 8.50. The van der Waals surface area contributed by atoms with Gasteiger partial charge in [-0.2, -0.15) is 0 Å². The quantitative estimate of drug-likeness (QED) is 0.687. The molecule has 3 nitrogen and oxygen atoms in total. The Labute approximate surface area is 131 Å². The fraction of sp³-hybridized carbons (Fsp3) is 1.00. The van der Waals surface area contributed by atoms with Gasteiger partial charge in [0.15, 0.2) is 0 Å². The van der Waals surface area contributed by atoms with Gasteiger partial charge >= 0.3 is 0 Å². The highest BCUT2D eigenvalue weighted by molar-refractivity contribution is 4.91. The summed E-state index contributed by atoms with van der Waals surface area (Å²) in [6, 6.07) is 1.42. The molecule has 0 spiro atoms. The molecular weight excluding hydrogens is 260 g/mol. The Morgan fingerprint density at radius 1 is 1.19 bits per heavy atom. The van der Waals surface area contributed by atoms with Crippen molar-refractivity contribution in [3.63, 3.8) is 0 Å². The van der Waals surface area contributed by atoms with Crippen LogP contribution in [0.1, 0.15) is 59.3 Å². The van der Waals surface area contributed by atoms with Gasteiger partial charge in [-0.3, -0.25) is 4.90 Å². The zero-order valence-electron chi connectivity index (χ0n) is 14.4. The number of piperidine rings is 1. The standard InChI is InChI=1S/C18H36N2O/c1-14(2)8-9-19-18-11-16(5-4-10-21)12-20(13-18)15(3)17-6-7-17/h14-19,21H,4-13H2,1-3H3. The van der Waals surface area contributed by atoms with Crippen molar-refractivity contribution in [1.29, 1.82) is 0 Å². The maximum Gasteiger partial charge on any atom is 0.0431 e. The van der Waals surface area contributed by atoms with Crippen molar-refractivity contribution >= 4 is 0 Å². The summed E-state index contributed by atoms with van der Waals surface area (Å²) in [6.07, 6.45) is 7.60. The lowest BCUT2D eigenvalue weighted by molar-refractivity contribution is 0.0871. The number of rotatable bonds is 9. The SMILES string of the molecule is CC(C)CCNC1CC(CCCO)CN(C(C)C2CC2)C1. The molecule has 0 aromatic rings. The Bertz CT molecular complexity index is 291. The smallest absolute Gasteiger partial charge is 0.0431 e. The topological polar surface area (TPSA) is 35.5 Å². The van der Waals surface area contributed by atoms with Crippen LogP contribution in [0.3, 0.4) is 0 Å². The van der Waals surface area contributed by atoms with Crippen molar-refractivity contribution in [2.24, 2.45) is 17.8 Å². The molecule has 3 atom stereocenters. The number of aliphatic hydroxyl groups is 1. The van der Waals surface area contributed by atoms with E-state index in [0.717, 1.165) is 36.8 Å². The molecule has 21 heavy (non-hydrogen) atoms. The van der Waals surface area contributed by atoms with Gasteiger partial charge in [-0.05, 0) is 69.7 Å². The Balaban J connectivity index is 1.83. The van der Waals surface area contributed by atoms with Gasteiger partial charge in [0.2, 0.25) is 0 Å². The number of hydrogen-bond acceptors (Lipinski definition) is 3. The zero-order valence-corrected chi connectivity index (χ0v) is 14.4. The van der Waals surface area contributed by atoms with E-state index in [1.807, 2.05) is 0 Å². The molecule has 124 valence electrons. The van der Waals surface area contributed by atoms with E-state index in [1.54, 1.807) is 0 Å². The molecule has 1 saturated carbocycles. The predicted octanol–water partition coefficient (Wildman–Crippen LogP) is 2.88. The van der Waals surface area contributed by atoms with Gasteiger partial charge in [0.05, 0.1) is 0 Å². The third-order valence-electron chi connectivity index (χ3n) is 5.37. The summed E-state index contributed by atoms with van der Waals surface area (Å²) in [4.78, 5) is 2.73. The minimum atomic E-state index is 0.347. The first-order chi connectivity index (χ1) is 10.1. The van der Waals surface area contributed by atoms with Crippen LogP contribution in [0.5, 0.6) is 0 Å². The van der Waals surface area contributed by atoms with Crippen LogP contribution >= 0.6 is 0 Å². The lowest BCUT2D eigenvalue weighted by Gasteiger charge is -2.41. The molecule has 3 unspecified atom stereocenters. The molecule has 0 radical (unpaired) electrons. The van der Waals surface area contributed by atoms with Gasteiger partial charge in [-0.15, -0.1) is 0 Å². The molecule has 1 saturated heterocycles. The maximum atomic E-state index is 9.11. The molecule has 0 aromatic heterocycles. The number of hydrogen-bond donors (Lipinski definition) is 2. The fourth-order valence-corrected chi connectivity index (χ4v) is 3.76. The number of nitrogens with one attached hydrogen (secondary N) is 1. The molecular formula is C18H36N2O. The van der Waals surface area contributed by atoms with Crippen molar-refractivity contribution in [3.8, 4) is 0 Å². The lowest BCUT2D eigenvalue weighted by Crippen LogP contribution is -2.52. The predicted molar refractivity (Wildman–Crippen MR) is 89.4 cm³/mol. The van der Waals surface area contributed by atoms with Gasteiger partial charge in [0.25, 0.3) is 0 Å². The van der Waals surface area contributed by atoms with E-state index in [9.17, 15) is 0 Å². The third-order valence-corrected chi connectivity index (χ3v) is 5.37. The third kappa shape index (κ3) is 5.88. The van der Waals surface area contributed by atoms with E-state index in [4.69, 9.17) is 5.11 Å². The minimum absolute atomic E-state index is 0.347. The Morgan fingerprint density at radius 2 is 1.95 bits per heavy atom. The highest BCUT2D eigenvalue weighted by atomic mass is 16.2. The Kier molecular flexibility index (Phi) is 6.97. The van der Waals surface area contributed by atoms with Gasteiger partial charge < -0.3 is 10.4 Å². The molecule has 0 bridgehead atoms. The molecule has 0 amide bonds. The van der Waals surface area contributed by atoms with Crippen LogP contribution in [-0.2, 0) is 0 Å². The largest absolute Gasteiger partial charge is 0.396 e. The van der Waals surface area contributed by atoms with Crippen LogP contribution < -0.4 is 5.32 Å². The average molecular weight is 296 g/mol. The average Bonchev–Trinajstić information content (AvgIpc) is 3.28. The summed E-state index contributed by atoms with van der Waals surface area (Å²) in [7, 11) is 0. The van der Waals surface area contributed by atoms with E-state index in [0.29, 0.717) is 12.6 Å². The van der Waals surface area contributed by atoms with Gasteiger partial charge in [0, 0.05) is 31.8 Å². The molecule has 1 heterocycles. The first-order valence-corrected chi connectivity index (χ1v) is 9.18. The van der Waals surface area contributed by atoms with Crippen LogP contribution in [0.15, 0.2) is 0 Å². The summed E-state index contributed by atoms with van der Waals surface area (Å²) < 4.78 is 0. The van der Waals surface area contributed by atoms with E-state index < -0.39 is 0 Å². The molecule has 1 aliphatic carbocycles. The van der Waals surface area contributed by atoms with Crippen LogP contribution in [-0.4, -0.2) is 48.3 Å². The second-order valence-electron chi connectivity index (χ2n) is 7.83. The molecule has 2 aliphatic rings. The zero-order chi connectivity index (χ0) is 15.2. The summed E-state index contributed by atoms with van der Waals surface area (Å²) >= 11 is 0. The number of aliphatic hydroxyl groups excluding tert-OH is 1. The Morgan fingerprint density at radius 3 is 2.57 bits per heavy atom. The van der Waals surface area contributed by atoms with Crippen molar-refractivity contribution in [1.82, 2.24) is 10.2 Å². The number of likely N-dealkylation sites (tertiary alicyclic amines) is 1. The Hall–Kier alpha value is -0.120. The number of nitrogens with zero attached hydrogens (tertiary/aromatic N) is 1. The van der Waals surface area contributed by atoms with Gasteiger partial charge in [0.1, 0.15) is 0 Å². The summed E-state index contributed by atoms with van der Waals surface area (Å²) in [6.45, 7) is 11.0. The molecule has 2 fully saturated rings. The molecule has 0 aromatic carbocycles. The second-order valence-corrected chi connectivity index (χ2v) is 7.83. The fourth-order valence-electron chi connectivity index (χ4n) is 3.76.